The van der Waals surface area contributed by atoms with Gasteiger partial charge in [0.05, 0.1) is 12.1 Å². The Kier molecular flexibility index (Phi) is 3.52. The van der Waals surface area contributed by atoms with Crippen molar-refractivity contribution < 1.29 is 9.90 Å². The van der Waals surface area contributed by atoms with E-state index in [1.54, 1.807) is 12.3 Å². The van der Waals surface area contributed by atoms with Crippen LogP contribution in [0, 0.1) is 0 Å². The molecule has 0 saturated carbocycles. The van der Waals surface area contributed by atoms with Crippen molar-refractivity contribution in [2.75, 3.05) is 13.1 Å². The van der Waals surface area contributed by atoms with Crippen LogP contribution < -0.4 is 0 Å². The second-order valence-corrected chi connectivity index (χ2v) is 5.04. The number of hydrogen-bond donors (Lipinski definition) is 1. The molecule has 1 aromatic carbocycles. The summed E-state index contributed by atoms with van der Waals surface area (Å²) in [5, 5.41) is 13.4. The van der Waals surface area contributed by atoms with Gasteiger partial charge < -0.3 is 5.11 Å². The number of aromatic carboxylic acids is 1. The molecule has 2 heterocycles. The van der Waals surface area contributed by atoms with Gasteiger partial charge in [0.15, 0.2) is 0 Å². The third kappa shape index (κ3) is 2.58. The molecule has 0 bridgehead atoms. The topological polar surface area (TPSA) is 58.4 Å². The first-order chi connectivity index (χ1) is 9.74. The van der Waals surface area contributed by atoms with Gasteiger partial charge in [0.2, 0.25) is 0 Å². The largest absolute Gasteiger partial charge is 0.478 e. The molecule has 1 N–H and O–H groups in total. The summed E-state index contributed by atoms with van der Waals surface area (Å²) in [5.41, 5.74) is 2.58. The molecule has 104 valence electrons. The lowest BCUT2D eigenvalue weighted by Crippen LogP contribution is -2.34. The van der Waals surface area contributed by atoms with Gasteiger partial charge in [0.25, 0.3) is 0 Å². The lowest BCUT2D eigenvalue weighted by molar-refractivity contribution is 0.0694. The molecule has 1 aromatic heterocycles. The first kappa shape index (κ1) is 12.9. The fourth-order valence-corrected chi connectivity index (χ4v) is 2.74. The Morgan fingerprint density at radius 2 is 2.20 bits per heavy atom. The maximum Gasteiger partial charge on any atom is 0.335 e. The van der Waals surface area contributed by atoms with Gasteiger partial charge in [-0.2, -0.15) is 5.10 Å². The molecule has 0 amide bonds. The van der Waals surface area contributed by atoms with E-state index in [9.17, 15) is 9.90 Å². The minimum atomic E-state index is -0.827. The van der Waals surface area contributed by atoms with Crippen LogP contribution in [0.2, 0.25) is 0 Å². The predicted octanol–water partition coefficient (Wildman–Crippen LogP) is 1.64. The maximum atomic E-state index is 11.2. The third-order valence-electron chi connectivity index (χ3n) is 3.78. The Bertz CT molecular complexity index is 608. The average Bonchev–Trinajstić information content (AvgIpc) is 2.97. The van der Waals surface area contributed by atoms with E-state index in [1.807, 2.05) is 29.1 Å². The van der Waals surface area contributed by atoms with Crippen molar-refractivity contribution in [2.24, 2.45) is 0 Å². The summed E-state index contributed by atoms with van der Waals surface area (Å²) in [5.74, 6) is -0.827. The number of rotatable bonds is 4. The standard InChI is InChI=1S/C15H17N3O2/c19-15(20)14-4-1-3-12-11-17(8-5-13(12)14)9-10-18-7-2-6-16-18/h1-4,6-7H,5,8-11H2,(H,19,20). The number of benzene rings is 1. The molecule has 0 unspecified atom stereocenters. The predicted molar refractivity (Wildman–Crippen MR) is 74.6 cm³/mol. The molecule has 0 saturated heterocycles. The van der Waals surface area contributed by atoms with Gasteiger partial charge in [0.1, 0.15) is 0 Å². The molecule has 1 aliphatic rings. The lowest BCUT2D eigenvalue weighted by Gasteiger charge is -2.29. The SMILES string of the molecule is O=C(O)c1cccc2c1CCN(CCn1cccn1)C2. The van der Waals surface area contributed by atoms with Crippen molar-refractivity contribution in [3.63, 3.8) is 0 Å². The second-order valence-electron chi connectivity index (χ2n) is 5.04. The van der Waals surface area contributed by atoms with Crippen LogP contribution in [0.3, 0.4) is 0 Å². The highest BCUT2D eigenvalue weighted by molar-refractivity contribution is 5.89. The molecule has 5 heteroatoms. The van der Waals surface area contributed by atoms with E-state index < -0.39 is 5.97 Å². The molecule has 0 spiro atoms. The highest BCUT2D eigenvalue weighted by Crippen LogP contribution is 2.22. The number of carboxylic acid groups (broad SMARTS) is 1. The summed E-state index contributed by atoms with van der Waals surface area (Å²) < 4.78 is 1.92. The van der Waals surface area contributed by atoms with Crippen LogP contribution >= 0.6 is 0 Å². The van der Waals surface area contributed by atoms with Gasteiger partial charge in [-0.3, -0.25) is 9.58 Å². The summed E-state index contributed by atoms with van der Waals surface area (Å²) in [6, 6.07) is 7.48. The zero-order valence-electron chi connectivity index (χ0n) is 11.2. The van der Waals surface area contributed by atoms with Crippen molar-refractivity contribution in [1.82, 2.24) is 14.7 Å². The summed E-state index contributed by atoms with van der Waals surface area (Å²) >= 11 is 0. The van der Waals surface area contributed by atoms with Crippen molar-refractivity contribution in [1.29, 1.82) is 0 Å². The average molecular weight is 271 g/mol. The Labute approximate surface area is 117 Å². The number of nitrogens with zero attached hydrogens (tertiary/aromatic N) is 3. The van der Waals surface area contributed by atoms with Crippen molar-refractivity contribution >= 4 is 5.97 Å². The highest BCUT2D eigenvalue weighted by atomic mass is 16.4. The lowest BCUT2D eigenvalue weighted by atomic mass is 9.94. The molecule has 20 heavy (non-hydrogen) atoms. The molecule has 0 atom stereocenters. The van der Waals surface area contributed by atoms with Gasteiger partial charge >= 0.3 is 5.97 Å². The first-order valence-corrected chi connectivity index (χ1v) is 6.78. The van der Waals surface area contributed by atoms with Gasteiger partial charge in [-0.15, -0.1) is 0 Å². The number of carboxylic acids is 1. The Balaban J connectivity index is 1.69. The maximum absolute atomic E-state index is 11.2. The van der Waals surface area contributed by atoms with E-state index in [2.05, 4.69) is 10.00 Å². The summed E-state index contributed by atoms with van der Waals surface area (Å²) in [6.07, 6.45) is 4.54. The van der Waals surface area contributed by atoms with Crippen molar-refractivity contribution in [3.8, 4) is 0 Å². The summed E-state index contributed by atoms with van der Waals surface area (Å²) in [7, 11) is 0. The van der Waals surface area contributed by atoms with E-state index in [0.29, 0.717) is 5.56 Å². The van der Waals surface area contributed by atoms with Crippen molar-refractivity contribution in [3.05, 3.63) is 53.3 Å². The van der Waals surface area contributed by atoms with Crippen LogP contribution in [0.4, 0.5) is 0 Å². The molecule has 0 aliphatic carbocycles. The van der Waals surface area contributed by atoms with Crippen molar-refractivity contribution in [2.45, 2.75) is 19.5 Å². The molecular formula is C15H17N3O2. The van der Waals surface area contributed by atoms with Crippen LogP contribution in [0.5, 0.6) is 0 Å². The Morgan fingerprint density at radius 1 is 1.30 bits per heavy atom. The third-order valence-corrected chi connectivity index (χ3v) is 3.78. The highest BCUT2D eigenvalue weighted by Gasteiger charge is 2.20. The van der Waals surface area contributed by atoms with Gasteiger partial charge in [-0.1, -0.05) is 12.1 Å². The van der Waals surface area contributed by atoms with Gasteiger partial charge in [0, 0.05) is 32.0 Å². The molecule has 0 radical (unpaired) electrons. The van der Waals surface area contributed by atoms with Crippen LogP contribution in [-0.4, -0.2) is 38.8 Å². The minimum Gasteiger partial charge on any atom is -0.478 e. The Hall–Kier alpha value is -2.14. The fourth-order valence-electron chi connectivity index (χ4n) is 2.74. The Morgan fingerprint density at radius 3 is 2.95 bits per heavy atom. The number of aromatic nitrogens is 2. The first-order valence-electron chi connectivity index (χ1n) is 6.78. The van der Waals surface area contributed by atoms with E-state index in [1.165, 1.54) is 0 Å². The normalized spacial score (nSPS) is 15.0. The van der Waals surface area contributed by atoms with Gasteiger partial charge in [-0.05, 0) is 29.7 Å². The zero-order valence-corrected chi connectivity index (χ0v) is 11.2. The zero-order chi connectivity index (χ0) is 13.9. The molecule has 0 fully saturated rings. The number of carbonyl (C=O) groups is 1. The second kappa shape index (κ2) is 5.46. The van der Waals surface area contributed by atoms with E-state index in [-0.39, 0.29) is 0 Å². The van der Waals surface area contributed by atoms with Gasteiger partial charge in [-0.25, -0.2) is 4.79 Å². The van der Waals surface area contributed by atoms with E-state index >= 15 is 0 Å². The summed E-state index contributed by atoms with van der Waals surface area (Å²) in [6.45, 7) is 3.51. The van der Waals surface area contributed by atoms with E-state index in [4.69, 9.17) is 0 Å². The van der Waals surface area contributed by atoms with Crippen LogP contribution in [-0.2, 0) is 19.5 Å². The van der Waals surface area contributed by atoms with Crippen LogP contribution in [0.15, 0.2) is 36.7 Å². The molecule has 1 aliphatic heterocycles. The number of fused-ring (bicyclic) bond motifs is 1. The van der Waals surface area contributed by atoms with E-state index in [0.717, 1.165) is 43.7 Å². The smallest absolute Gasteiger partial charge is 0.335 e. The molecule has 2 aromatic rings. The number of hydrogen-bond acceptors (Lipinski definition) is 3. The summed E-state index contributed by atoms with van der Waals surface area (Å²) in [4.78, 5) is 13.6. The molecule has 3 rings (SSSR count). The van der Waals surface area contributed by atoms with Crippen LogP contribution in [0.25, 0.3) is 0 Å². The van der Waals surface area contributed by atoms with Crippen LogP contribution in [0.1, 0.15) is 21.5 Å². The molecular weight excluding hydrogens is 254 g/mol. The molecule has 5 nitrogen and oxygen atoms in total. The quantitative estimate of drug-likeness (QED) is 0.918. The minimum absolute atomic E-state index is 0.453. The monoisotopic (exact) mass is 271 g/mol. The fraction of sp³-hybridized carbons (Fsp3) is 0.333.